The molecule has 0 fully saturated rings. The topological polar surface area (TPSA) is 44.8 Å². The minimum Gasteiger partial charge on any atom is -0.460 e. The van der Waals surface area contributed by atoms with E-state index in [9.17, 15) is 4.79 Å². The van der Waals surface area contributed by atoms with Gasteiger partial charge < -0.3 is 14.2 Å². The summed E-state index contributed by atoms with van der Waals surface area (Å²) in [5.74, 6) is 0.845. The second-order valence-corrected chi connectivity index (χ2v) is 7.30. The molecule has 0 spiro atoms. The first kappa shape index (κ1) is 21.1. The van der Waals surface area contributed by atoms with Crippen LogP contribution in [-0.4, -0.2) is 39.0 Å². The lowest BCUT2D eigenvalue weighted by molar-refractivity contribution is -0.140. The summed E-state index contributed by atoms with van der Waals surface area (Å²) in [7, 11) is 0. The summed E-state index contributed by atoms with van der Waals surface area (Å²) in [6.07, 6.45) is 1.17. The van der Waals surface area contributed by atoms with Crippen molar-refractivity contribution in [2.45, 2.75) is 48.0 Å². The first-order valence-corrected chi connectivity index (χ1v) is 8.12. The predicted molar refractivity (Wildman–Crippen MR) is 89.8 cm³/mol. The highest BCUT2D eigenvalue weighted by Crippen LogP contribution is 2.31. The zero-order valence-electron chi connectivity index (χ0n) is 15.2. The molecule has 1 unspecified atom stereocenters. The maximum Gasteiger partial charge on any atom is 0.333 e. The van der Waals surface area contributed by atoms with Gasteiger partial charge in [0.25, 0.3) is 0 Å². The number of esters is 1. The Morgan fingerprint density at radius 2 is 1.59 bits per heavy atom. The lowest BCUT2D eigenvalue weighted by atomic mass is 9.77. The average Bonchev–Trinajstić information content (AvgIpc) is 2.38. The molecule has 0 aromatic heterocycles. The second-order valence-electron chi connectivity index (χ2n) is 7.30. The molecule has 0 amide bonds. The van der Waals surface area contributed by atoms with Crippen LogP contribution in [0, 0.1) is 17.3 Å². The molecule has 1 atom stereocenters. The zero-order chi connectivity index (χ0) is 17.2. The van der Waals surface area contributed by atoms with Crippen molar-refractivity contribution >= 4 is 5.97 Å². The number of carbonyl (C=O) groups excluding carboxylic acids is 1. The largest absolute Gasteiger partial charge is 0.460 e. The molecular weight excluding hydrogens is 280 g/mol. The molecule has 0 aromatic carbocycles. The number of carbonyl (C=O) groups is 1. The molecule has 0 aliphatic rings. The first-order chi connectivity index (χ1) is 10.1. The van der Waals surface area contributed by atoms with Crippen LogP contribution in [0.2, 0.25) is 0 Å². The Labute approximate surface area is 136 Å². The van der Waals surface area contributed by atoms with Crippen LogP contribution in [-0.2, 0) is 19.0 Å². The zero-order valence-corrected chi connectivity index (χ0v) is 15.2. The van der Waals surface area contributed by atoms with Crippen molar-refractivity contribution in [1.82, 2.24) is 0 Å². The molecule has 0 aliphatic heterocycles. The maximum absolute atomic E-state index is 11.1. The molecule has 0 radical (unpaired) electrons. The molecule has 0 rings (SSSR count). The quantitative estimate of drug-likeness (QED) is 0.330. The molecule has 22 heavy (non-hydrogen) atoms. The fraction of sp³-hybridized carbons (Fsp3) is 0.833. The van der Waals surface area contributed by atoms with Crippen LogP contribution in [0.1, 0.15) is 48.0 Å². The van der Waals surface area contributed by atoms with Crippen molar-refractivity contribution in [2.75, 3.05) is 33.0 Å². The van der Waals surface area contributed by atoms with Crippen LogP contribution in [0.25, 0.3) is 0 Å². The number of hydrogen-bond donors (Lipinski definition) is 0. The predicted octanol–water partition coefficient (Wildman–Crippen LogP) is 3.85. The lowest BCUT2D eigenvalue weighted by Crippen LogP contribution is -2.27. The van der Waals surface area contributed by atoms with Gasteiger partial charge in [0.05, 0.1) is 26.4 Å². The van der Waals surface area contributed by atoms with Gasteiger partial charge in [-0.2, -0.15) is 0 Å². The van der Waals surface area contributed by atoms with Gasteiger partial charge in [-0.3, -0.25) is 0 Å². The van der Waals surface area contributed by atoms with E-state index >= 15 is 0 Å². The number of ether oxygens (including phenoxy) is 3. The van der Waals surface area contributed by atoms with E-state index < -0.39 is 0 Å². The van der Waals surface area contributed by atoms with Gasteiger partial charge in [0.2, 0.25) is 0 Å². The van der Waals surface area contributed by atoms with Crippen molar-refractivity contribution in [3.05, 3.63) is 12.2 Å². The Hall–Kier alpha value is -0.870. The van der Waals surface area contributed by atoms with Gasteiger partial charge in [0, 0.05) is 5.57 Å². The molecule has 130 valence electrons. The van der Waals surface area contributed by atoms with E-state index in [-0.39, 0.29) is 18.0 Å². The van der Waals surface area contributed by atoms with Crippen LogP contribution in [0.5, 0.6) is 0 Å². The molecule has 0 N–H and O–H groups in total. The SMILES string of the molecule is C=C(C)C(=O)OCCOCCOCC(CC(C)C)C(C)(C)C. The van der Waals surface area contributed by atoms with Crippen LogP contribution in [0.4, 0.5) is 0 Å². The van der Waals surface area contributed by atoms with Crippen molar-refractivity contribution in [3.8, 4) is 0 Å². The summed E-state index contributed by atoms with van der Waals surface area (Å²) in [5.41, 5.74) is 0.656. The fourth-order valence-electron chi connectivity index (χ4n) is 2.00. The highest BCUT2D eigenvalue weighted by Gasteiger charge is 2.25. The third-order valence-corrected chi connectivity index (χ3v) is 3.48. The van der Waals surface area contributed by atoms with Gasteiger partial charge in [-0.1, -0.05) is 41.2 Å². The maximum atomic E-state index is 11.1. The number of hydrogen-bond acceptors (Lipinski definition) is 4. The number of rotatable bonds is 11. The van der Waals surface area contributed by atoms with E-state index in [1.165, 1.54) is 6.42 Å². The molecule has 0 heterocycles. The van der Waals surface area contributed by atoms with Crippen LogP contribution in [0.3, 0.4) is 0 Å². The Kier molecular flexibility index (Phi) is 10.4. The van der Waals surface area contributed by atoms with E-state index in [4.69, 9.17) is 14.2 Å². The summed E-state index contributed by atoms with van der Waals surface area (Å²) in [5, 5.41) is 0. The summed E-state index contributed by atoms with van der Waals surface area (Å²) in [6.45, 7) is 18.9. The molecular formula is C18H34O4. The summed E-state index contributed by atoms with van der Waals surface area (Å²) >= 11 is 0. The van der Waals surface area contributed by atoms with E-state index in [2.05, 4.69) is 41.2 Å². The van der Waals surface area contributed by atoms with Gasteiger partial charge in [-0.25, -0.2) is 4.79 Å². The summed E-state index contributed by atoms with van der Waals surface area (Å²) in [4.78, 5) is 11.1. The summed E-state index contributed by atoms with van der Waals surface area (Å²) < 4.78 is 16.1. The van der Waals surface area contributed by atoms with Gasteiger partial charge in [-0.15, -0.1) is 0 Å². The highest BCUT2D eigenvalue weighted by atomic mass is 16.6. The molecule has 0 aromatic rings. The molecule has 0 bridgehead atoms. The average molecular weight is 314 g/mol. The van der Waals surface area contributed by atoms with Crippen molar-refractivity contribution < 1.29 is 19.0 Å². The van der Waals surface area contributed by atoms with Gasteiger partial charge in [0.1, 0.15) is 6.61 Å². The Bertz CT molecular complexity index is 328. The van der Waals surface area contributed by atoms with Crippen LogP contribution >= 0.6 is 0 Å². The van der Waals surface area contributed by atoms with E-state index in [0.717, 1.165) is 6.61 Å². The van der Waals surface area contributed by atoms with Crippen LogP contribution < -0.4 is 0 Å². The Morgan fingerprint density at radius 3 is 2.09 bits per heavy atom. The van der Waals surface area contributed by atoms with Crippen molar-refractivity contribution in [3.63, 3.8) is 0 Å². The standard InChI is InChI=1S/C18H34O4/c1-14(2)12-16(18(5,6)7)13-21-9-8-20-10-11-22-17(19)15(3)4/h14,16H,3,8-13H2,1-2,4-7H3. The third kappa shape index (κ3) is 10.8. The van der Waals surface area contributed by atoms with E-state index in [1.54, 1.807) is 6.92 Å². The normalized spacial score (nSPS) is 13.2. The van der Waals surface area contributed by atoms with Gasteiger partial charge in [-0.05, 0) is 30.6 Å². The molecule has 0 saturated carbocycles. The smallest absolute Gasteiger partial charge is 0.333 e. The minimum absolute atomic E-state index is 0.252. The van der Waals surface area contributed by atoms with Gasteiger partial charge >= 0.3 is 5.97 Å². The van der Waals surface area contributed by atoms with E-state index in [1.807, 2.05) is 0 Å². The Balaban J connectivity index is 3.70. The molecule has 4 heteroatoms. The van der Waals surface area contributed by atoms with E-state index in [0.29, 0.717) is 37.2 Å². The van der Waals surface area contributed by atoms with Gasteiger partial charge in [0.15, 0.2) is 0 Å². The summed E-state index contributed by atoms with van der Waals surface area (Å²) in [6, 6.07) is 0. The Morgan fingerprint density at radius 1 is 1.05 bits per heavy atom. The third-order valence-electron chi connectivity index (χ3n) is 3.48. The first-order valence-electron chi connectivity index (χ1n) is 8.12. The molecule has 0 aliphatic carbocycles. The van der Waals surface area contributed by atoms with Crippen molar-refractivity contribution in [1.29, 1.82) is 0 Å². The monoisotopic (exact) mass is 314 g/mol. The second kappa shape index (κ2) is 10.8. The fourth-order valence-corrected chi connectivity index (χ4v) is 2.00. The lowest BCUT2D eigenvalue weighted by Gasteiger charge is -2.32. The highest BCUT2D eigenvalue weighted by molar-refractivity contribution is 5.86. The van der Waals surface area contributed by atoms with Crippen molar-refractivity contribution in [2.24, 2.45) is 17.3 Å². The molecule has 0 saturated heterocycles. The van der Waals surface area contributed by atoms with Crippen LogP contribution in [0.15, 0.2) is 12.2 Å². The molecule has 4 nitrogen and oxygen atoms in total. The minimum atomic E-state index is -0.374.